The summed E-state index contributed by atoms with van der Waals surface area (Å²) in [7, 11) is 2.18. The van der Waals surface area contributed by atoms with Crippen LogP contribution in [0.15, 0.2) is 0 Å². The van der Waals surface area contributed by atoms with E-state index in [1.807, 2.05) is 0 Å². The number of hydrogen-bond donors (Lipinski definition) is 0. The highest BCUT2D eigenvalue weighted by Gasteiger charge is 2.21. The number of likely N-dealkylation sites (tertiary alicyclic amines) is 1. The van der Waals surface area contributed by atoms with Crippen LogP contribution in [0.25, 0.3) is 0 Å². The van der Waals surface area contributed by atoms with Crippen LogP contribution >= 0.6 is 45.2 Å². The van der Waals surface area contributed by atoms with E-state index in [4.69, 9.17) is 4.74 Å². The molecule has 11 heavy (non-hydrogen) atoms. The molecule has 0 spiro atoms. The standard InChI is InChI=1S/C7H13I2NO/c1-10-4-2-3-6(10)5-11-7(8)9/h6-7H,2-5H2,1H3/t6-/m1/s1. The molecule has 0 saturated carbocycles. The van der Waals surface area contributed by atoms with Crippen molar-refractivity contribution in [2.24, 2.45) is 0 Å². The van der Waals surface area contributed by atoms with E-state index < -0.39 is 0 Å². The second kappa shape index (κ2) is 5.18. The Hall–Kier alpha value is 1.38. The molecular weight excluding hydrogens is 368 g/mol. The third-order valence-electron chi connectivity index (χ3n) is 2.09. The van der Waals surface area contributed by atoms with E-state index in [1.165, 1.54) is 19.4 Å². The molecule has 0 N–H and O–H groups in total. The summed E-state index contributed by atoms with van der Waals surface area (Å²) in [6.45, 7) is 2.13. The molecule has 0 aromatic carbocycles. The molecule has 1 aliphatic heterocycles. The lowest BCUT2D eigenvalue weighted by Crippen LogP contribution is -2.29. The van der Waals surface area contributed by atoms with Gasteiger partial charge < -0.3 is 9.64 Å². The van der Waals surface area contributed by atoms with E-state index >= 15 is 0 Å². The fourth-order valence-electron chi connectivity index (χ4n) is 1.37. The summed E-state index contributed by atoms with van der Waals surface area (Å²) in [5.41, 5.74) is 0. The summed E-state index contributed by atoms with van der Waals surface area (Å²) >= 11 is 4.56. The molecule has 1 rings (SSSR count). The number of likely N-dealkylation sites (N-methyl/N-ethyl adjacent to an activating group) is 1. The fraction of sp³-hybridized carbons (Fsp3) is 1.00. The maximum Gasteiger partial charge on any atom is 0.159 e. The molecule has 4 heteroatoms. The fourth-order valence-corrected chi connectivity index (χ4v) is 1.79. The number of hydrogen-bond acceptors (Lipinski definition) is 2. The maximum atomic E-state index is 5.53. The number of ether oxygens (including phenoxy) is 1. The lowest BCUT2D eigenvalue weighted by Gasteiger charge is -2.19. The van der Waals surface area contributed by atoms with E-state index in [0.717, 1.165) is 6.61 Å². The van der Waals surface area contributed by atoms with Gasteiger partial charge in [-0.25, -0.2) is 0 Å². The van der Waals surface area contributed by atoms with Gasteiger partial charge >= 0.3 is 0 Å². The Kier molecular flexibility index (Phi) is 4.93. The summed E-state index contributed by atoms with van der Waals surface area (Å²) in [6, 6.07) is 0.669. The van der Waals surface area contributed by atoms with Crippen molar-refractivity contribution < 1.29 is 4.74 Å². The van der Waals surface area contributed by atoms with Gasteiger partial charge in [-0.05, 0) is 71.6 Å². The second-order valence-corrected chi connectivity index (χ2v) is 7.52. The molecule has 2 nitrogen and oxygen atoms in total. The van der Waals surface area contributed by atoms with Gasteiger partial charge in [-0.3, -0.25) is 0 Å². The molecular formula is C7H13I2NO. The van der Waals surface area contributed by atoms with Gasteiger partial charge in [0.05, 0.1) is 6.61 Å². The van der Waals surface area contributed by atoms with E-state index in [1.54, 1.807) is 0 Å². The zero-order valence-corrected chi connectivity index (χ0v) is 10.9. The van der Waals surface area contributed by atoms with Crippen LogP contribution in [0.3, 0.4) is 0 Å². The molecule has 0 aromatic heterocycles. The van der Waals surface area contributed by atoms with Crippen LogP contribution in [0.4, 0.5) is 0 Å². The summed E-state index contributed by atoms with van der Waals surface area (Å²) in [5.74, 6) is 0. The first-order valence-electron chi connectivity index (χ1n) is 3.80. The molecule has 1 saturated heterocycles. The van der Waals surface area contributed by atoms with Gasteiger partial charge in [0.1, 0.15) is 0 Å². The van der Waals surface area contributed by atoms with Crippen LogP contribution in [0.2, 0.25) is 0 Å². The van der Waals surface area contributed by atoms with Crippen molar-refractivity contribution in [3.8, 4) is 0 Å². The zero-order chi connectivity index (χ0) is 8.27. The smallest absolute Gasteiger partial charge is 0.159 e. The van der Waals surface area contributed by atoms with Crippen LogP contribution in [0.1, 0.15) is 12.8 Å². The van der Waals surface area contributed by atoms with Crippen molar-refractivity contribution in [3.63, 3.8) is 0 Å². The average molecular weight is 381 g/mol. The van der Waals surface area contributed by atoms with Gasteiger partial charge in [-0.2, -0.15) is 0 Å². The van der Waals surface area contributed by atoms with Crippen LogP contribution in [0.5, 0.6) is 0 Å². The van der Waals surface area contributed by atoms with Gasteiger partial charge in [0.25, 0.3) is 0 Å². The van der Waals surface area contributed by atoms with Crippen LogP contribution in [-0.4, -0.2) is 33.3 Å². The van der Waals surface area contributed by atoms with Gasteiger partial charge in [-0.15, -0.1) is 0 Å². The Morgan fingerprint density at radius 1 is 1.64 bits per heavy atom. The predicted octanol–water partition coefficient (Wildman–Crippen LogP) is 2.25. The minimum Gasteiger partial charge on any atom is -0.356 e. The second-order valence-electron chi connectivity index (χ2n) is 2.87. The van der Waals surface area contributed by atoms with Crippen LogP contribution < -0.4 is 0 Å². The first kappa shape index (κ1) is 10.5. The van der Waals surface area contributed by atoms with Gasteiger partial charge in [0.2, 0.25) is 0 Å². The van der Waals surface area contributed by atoms with E-state index in [9.17, 15) is 0 Å². The number of alkyl halides is 2. The normalized spacial score (nSPS) is 26.7. The van der Waals surface area contributed by atoms with Crippen molar-refractivity contribution in [1.29, 1.82) is 0 Å². The SMILES string of the molecule is CN1CCC[C@@H]1COC(I)I. The Balaban J connectivity index is 2.15. The quantitative estimate of drug-likeness (QED) is 0.550. The topological polar surface area (TPSA) is 12.5 Å². The Morgan fingerprint density at radius 3 is 2.82 bits per heavy atom. The number of rotatable bonds is 3. The first-order valence-corrected chi connectivity index (χ1v) is 6.29. The van der Waals surface area contributed by atoms with E-state index in [0.29, 0.717) is 8.16 Å². The monoisotopic (exact) mass is 381 g/mol. The minimum atomic E-state index is 0.319. The molecule has 1 fully saturated rings. The van der Waals surface area contributed by atoms with Crippen molar-refractivity contribution in [1.82, 2.24) is 4.90 Å². The highest BCUT2D eigenvalue weighted by Crippen LogP contribution is 2.18. The molecule has 0 aromatic rings. The molecule has 1 heterocycles. The number of nitrogens with zero attached hydrogens (tertiary/aromatic N) is 1. The average Bonchev–Trinajstić information content (AvgIpc) is 2.31. The van der Waals surface area contributed by atoms with Crippen molar-refractivity contribution in [2.75, 3.05) is 20.2 Å². The van der Waals surface area contributed by atoms with Crippen molar-refractivity contribution in [3.05, 3.63) is 0 Å². The lowest BCUT2D eigenvalue weighted by atomic mass is 10.2. The highest BCUT2D eigenvalue weighted by molar-refractivity contribution is 14.2. The Morgan fingerprint density at radius 2 is 2.36 bits per heavy atom. The Labute approximate surface area is 95.3 Å². The third-order valence-corrected chi connectivity index (χ3v) is 2.81. The van der Waals surface area contributed by atoms with Gasteiger partial charge in [0.15, 0.2) is 2.12 Å². The van der Waals surface area contributed by atoms with Crippen LogP contribution in [0, 0.1) is 0 Å². The largest absolute Gasteiger partial charge is 0.356 e. The van der Waals surface area contributed by atoms with E-state index in [2.05, 4.69) is 57.1 Å². The summed E-state index contributed by atoms with van der Waals surface area (Å²) < 4.78 is 5.85. The zero-order valence-electron chi connectivity index (χ0n) is 6.59. The summed E-state index contributed by atoms with van der Waals surface area (Å²) in [5, 5.41) is 0. The number of halogens is 2. The highest BCUT2D eigenvalue weighted by atomic mass is 127. The molecule has 1 aliphatic rings. The molecule has 0 amide bonds. The molecule has 0 aliphatic carbocycles. The summed E-state index contributed by atoms with van der Waals surface area (Å²) in [4.78, 5) is 2.38. The molecule has 0 unspecified atom stereocenters. The van der Waals surface area contributed by atoms with Gasteiger partial charge in [0, 0.05) is 6.04 Å². The molecule has 66 valence electrons. The third kappa shape index (κ3) is 3.73. The maximum absolute atomic E-state index is 5.53. The van der Waals surface area contributed by atoms with Gasteiger partial charge in [-0.1, -0.05) is 0 Å². The molecule has 0 radical (unpaired) electrons. The predicted molar refractivity (Wildman–Crippen MR) is 63.4 cm³/mol. The first-order chi connectivity index (χ1) is 5.20. The van der Waals surface area contributed by atoms with E-state index in [-0.39, 0.29) is 0 Å². The minimum absolute atomic E-state index is 0.319. The summed E-state index contributed by atoms with van der Waals surface area (Å²) in [6.07, 6.45) is 2.63. The molecule has 1 atom stereocenters. The van der Waals surface area contributed by atoms with Crippen LogP contribution in [-0.2, 0) is 4.74 Å². The lowest BCUT2D eigenvalue weighted by molar-refractivity contribution is 0.117. The van der Waals surface area contributed by atoms with Crippen molar-refractivity contribution in [2.45, 2.75) is 21.0 Å². The van der Waals surface area contributed by atoms with Crippen molar-refractivity contribution >= 4 is 45.2 Å². The molecule has 0 bridgehead atoms. The Bertz CT molecular complexity index is 121.